The number of imidazole rings is 1. The standard InChI is InChI=1S/C40H50N12O6/c1-6-52-34(18-27(2)49-52)38(56)48-40-46-31(22-30(37(42)55)19-28(3)57-5)25-50(40)14-8-9-15-51-36-33(47-39(51)43-4)20-29(26-54)21-35(36)58-17-10-7-12-44-24-32(23-41)45-13-11-16-53/h7-10,16,18-24,26,45H,3,6,11-15,17,25,41H2,1-2,4-5H3,(H2,42,55)(H,43,47)(H,46,48,56)/b9-8+,10-7+,30-19+,31-22+,32-23+,44-24?. The summed E-state index contributed by atoms with van der Waals surface area (Å²) < 4.78 is 14.8. The number of aromatic nitrogens is 4. The minimum atomic E-state index is -0.694. The number of fused-ring (bicyclic) bond motifs is 1. The first-order valence-electron chi connectivity index (χ1n) is 18.4. The number of nitrogens with zero attached hydrogens (tertiary/aromatic N) is 7. The molecule has 4 rings (SSSR count). The van der Waals surface area contributed by atoms with E-state index in [0.717, 1.165) is 12.6 Å². The SMILES string of the molecule is C=C(/C=C(\C=C1/CN(C/C=C/Cn2c(NC)nc3cc(C=O)cc(OC/C=C/CN=C/C(=C\N)NCCC=O)c32)C(NC(=O)c2cc(C)nn2CC)=N1)C(N)=O)OC. The molecule has 0 spiro atoms. The van der Waals surface area contributed by atoms with E-state index in [2.05, 4.69) is 37.6 Å². The van der Waals surface area contributed by atoms with E-state index >= 15 is 0 Å². The summed E-state index contributed by atoms with van der Waals surface area (Å²) in [6, 6.07) is 5.06. The van der Waals surface area contributed by atoms with E-state index in [1.165, 1.54) is 25.5 Å². The number of nitrogens with one attached hydrogen (secondary N) is 3. The van der Waals surface area contributed by atoms with Crippen molar-refractivity contribution < 1.29 is 28.7 Å². The maximum atomic E-state index is 13.4. The number of aldehydes is 2. The lowest BCUT2D eigenvalue weighted by Gasteiger charge is -2.18. The largest absolute Gasteiger partial charge is 0.497 e. The van der Waals surface area contributed by atoms with Crippen LogP contribution in [0.25, 0.3) is 11.0 Å². The van der Waals surface area contributed by atoms with Crippen molar-refractivity contribution in [3.8, 4) is 5.75 Å². The number of rotatable bonds is 22. The van der Waals surface area contributed by atoms with Crippen LogP contribution in [0.1, 0.15) is 39.9 Å². The highest BCUT2D eigenvalue weighted by molar-refractivity contribution is 6.06. The van der Waals surface area contributed by atoms with E-state index in [1.807, 2.05) is 47.6 Å². The van der Waals surface area contributed by atoms with E-state index in [-0.39, 0.29) is 36.4 Å². The summed E-state index contributed by atoms with van der Waals surface area (Å²) in [4.78, 5) is 63.5. The lowest BCUT2D eigenvalue weighted by molar-refractivity contribution is -0.114. The Hall–Kier alpha value is -7.24. The van der Waals surface area contributed by atoms with Gasteiger partial charge in [0.2, 0.25) is 17.8 Å². The van der Waals surface area contributed by atoms with Crippen molar-refractivity contribution in [3.63, 3.8) is 0 Å². The number of carbonyl (C=O) groups is 4. The number of carbonyl (C=O) groups excluding carboxylic acids is 4. The van der Waals surface area contributed by atoms with Crippen molar-refractivity contribution in [2.24, 2.45) is 21.5 Å². The molecule has 0 atom stereocenters. The van der Waals surface area contributed by atoms with E-state index < -0.39 is 5.91 Å². The second-order valence-electron chi connectivity index (χ2n) is 12.6. The second-order valence-corrected chi connectivity index (χ2v) is 12.6. The van der Waals surface area contributed by atoms with Crippen molar-refractivity contribution in [1.29, 1.82) is 0 Å². The Labute approximate surface area is 336 Å². The Morgan fingerprint density at radius 1 is 1.12 bits per heavy atom. The van der Waals surface area contributed by atoms with Gasteiger partial charge in [-0.1, -0.05) is 24.8 Å². The van der Waals surface area contributed by atoms with Crippen LogP contribution >= 0.6 is 0 Å². The van der Waals surface area contributed by atoms with Gasteiger partial charge < -0.3 is 45.8 Å². The Kier molecular flexibility index (Phi) is 16.3. The van der Waals surface area contributed by atoms with Gasteiger partial charge in [0.05, 0.1) is 42.8 Å². The molecule has 3 heterocycles. The third-order valence-electron chi connectivity index (χ3n) is 8.43. The van der Waals surface area contributed by atoms with Gasteiger partial charge in [0.15, 0.2) is 0 Å². The fraction of sp³-hybridized carbons (Fsp3) is 0.300. The number of hydrogen-bond donors (Lipinski definition) is 5. The molecular formula is C40H50N12O6. The quantitative estimate of drug-likeness (QED) is 0.0188. The summed E-state index contributed by atoms with van der Waals surface area (Å²) >= 11 is 0. The third kappa shape index (κ3) is 11.9. The van der Waals surface area contributed by atoms with E-state index in [1.54, 1.807) is 36.1 Å². The molecule has 3 aromatic rings. The number of nitrogens with two attached hydrogens (primary N) is 2. The lowest BCUT2D eigenvalue weighted by Crippen LogP contribution is -2.42. The number of primary amides is 1. The van der Waals surface area contributed by atoms with Gasteiger partial charge in [-0.3, -0.25) is 29.4 Å². The number of benzene rings is 1. The topological polar surface area (TPSA) is 238 Å². The van der Waals surface area contributed by atoms with Gasteiger partial charge in [0.1, 0.15) is 41.9 Å². The van der Waals surface area contributed by atoms with Crippen LogP contribution in [0.2, 0.25) is 0 Å². The van der Waals surface area contributed by atoms with Gasteiger partial charge >= 0.3 is 0 Å². The van der Waals surface area contributed by atoms with Crippen LogP contribution in [0, 0.1) is 6.92 Å². The highest BCUT2D eigenvalue weighted by Crippen LogP contribution is 2.30. The zero-order valence-electron chi connectivity index (χ0n) is 33.1. The van der Waals surface area contributed by atoms with Crippen LogP contribution in [0.3, 0.4) is 0 Å². The van der Waals surface area contributed by atoms with Crippen LogP contribution < -0.4 is 32.2 Å². The van der Waals surface area contributed by atoms with Gasteiger partial charge in [-0.2, -0.15) is 5.10 Å². The molecule has 18 nitrogen and oxygen atoms in total. The van der Waals surface area contributed by atoms with Crippen molar-refractivity contribution in [2.45, 2.75) is 33.4 Å². The molecule has 0 bridgehead atoms. The smallest absolute Gasteiger partial charge is 0.276 e. The molecule has 2 aromatic heterocycles. The van der Waals surface area contributed by atoms with Crippen LogP contribution in [-0.4, -0.2) is 108 Å². The maximum Gasteiger partial charge on any atom is 0.276 e. The number of ether oxygens (including phenoxy) is 2. The highest BCUT2D eigenvalue weighted by atomic mass is 16.5. The molecule has 1 aromatic carbocycles. The summed E-state index contributed by atoms with van der Waals surface area (Å²) in [6.45, 7) is 9.92. The molecule has 0 aliphatic carbocycles. The normalized spacial score (nSPS) is 14.2. The number of guanidine groups is 1. The molecule has 18 heteroatoms. The zero-order chi connectivity index (χ0) is 42.0. The number of aryl methyl sites for hydroxylation is 2. The molecule has 0 saturated carbocycles. The zero-order valence-corrected chi connectivity index (χ0v) is 33.1. The third-order valence-corrected chi connectivity index (χ3v) is 8.43. The number of amides is 2. The molecule has 58 heavy (non-hydrogen) atoms. The van der Waals surface area contributed by atoms with Crippen LogP contribution in [0.5, 0.6) is 5.75 Å². The van der Waals surface area contributed by atoms with E-state index in [9.17, 15) is 19.2 Å². The molecule has 0 saturated heterocycles. The summed E-state index contributed by atoms with van der Waals surface area (Å²) in [6.07, 6.45) is 15.3. The molecule has 306 valence electrons. The molecule has 1 aliphatic rings. The fourth-order valence-electron chi connectivity index (χ4n) is 5.67. The number of hydrogen-bond acceptors (Lipinski definition) is 14. The summed E-state index contributed by atoms with van der Waals surface area (Å²) in [5, 5.41) is 13.4. The molecule has 0 radical (unpaired) electrons. The Morgan fingerprint density at radius 2 is 1.91 bits per heavy atom. The summed E-state index contributed by atoms with van der Waals surface area (Å²) in [7, 11) is 3.18. The van der Waals surface area contributed by atoms with Crippen molar-refractivity contribution in [2.75, 3.05) is 52.3 Å². The predicted octanol–water partition coefficient (Wildman–Crippen LogP) is 2.51. The van der Waals surface area contributed by atoms with Gasteiger partial charge in [0.25, 0.3) is 5.91 Å². The Morgan fingerprint density at radius 3 is 2.60 bits per heavy atom. The average Bonchev–Trinajstić information content (AvgIpc) is 3.91. The first kappa shape index (κ1) is 43.5. The maximum absolute atomic E-state index is 13.4. The van der Waals surface area contributed by atoms with Gasteiger partial charge in [-0.15, -0.1) is 0 Å². The number of allylic oxidation sites excluding steroid dienone is 3. The van der Waals surface area contributed by atoms with Crippen LogP contribution in [-0.2, 0) is 27.4 Å². The predicted molar refractivity (Wildman–Crippen MR) is 223 cm³/mol. The fourth-order valence-corrected chi connectivity index (χ4v) is 5.67. The van der Waals surface area contributed by atoms with Gasteiger partial charge in [-0.05, 0) is 50.3 Å². The monoisotopic (exact) mass is 794 g/mol. The van der Waals surface area contributed by atoms with Crippen molar-refractivity contribution >= 4 is 53.5 Å². The molecule has 7 N–H and O–H groups in total. The minimum absolute atomic E-state index is 0.134. The summed E-state index contributed by atoms with van der Waals surface area (Å²) in [5.74, 6) is 0.447. The Balaban J connectivity index is 1.53. The number of methoxy groups -OCH3 is 1. The Bertz CT molecular complexity index is 2200. The van der Waals surface area contributed by atoms with Crippen LogP contribution in [0.15, 0.2) is 100 Å². The second kappa shape index (κ2) is 21.7. The first-order chi connectivity index (χ1) is 28.0. The molecular weight excluding hydrogens is 745 g/mol. The van der Waals surface area contributed by atoms with Crippen LogP contribution in [0.4, 0.5) is 5.95 Å². The summed E-state index contributed by atoms with van der Waals surface area (Å²) in [5.41, 5.74) is 15.2. The van der Waals surface area contributed by atoms with Gasteiger partial charge in [-0.25, -0.2) is 9.98 Å². The molecule has 0 fully saturated rings. The van der Waals surface area contributed by atoms with Gasteiger partial charge in [0, 0.05) is 63.2 Å². The van der Waals surface area contributed by atoms with E-state index in [4.69, 9.17) is 25.9 Å². The molecule has 0 unspecified atom stereocenters. The highest BCUT2D eigenvalue weighted by Gasteiger charge is 2.25. The molecule has 1 aliphatic heterocycles. The van der Waals surface area contributed by atoms with Crippen molar-refractivity contribution in [1.82, 2.24) is 34.9 Å². The lowest BCUT2D eigenvalue weighted by atomic mass is 10.2. The van der Waals surface area contributed by atoms with E-state index in [0.29, 0.717) is 90.2 Å². The average molecular weight is 795 g/mol. The van der Waals surface area contributed by atoms with Crippen molar-refractivity contribution in [3.05, 3.63) is 107 Å². The molecule has 2 amide bonds. The first-order valence-corrected chi connectivity index (χ1v) is 18.4. The number of anilines is 1. The minimum Gasteiger partial charge on any atom is -0.497 e. The number of aliphatic imine (C=N–C) groups is 2.